The van der Waals surface area contributed by atoms with Crippen LogP contribution < -0.4 is 0 Å². The number of rotatable bonds is 2. The molecule has 22 heavy (non-hydrogen) atoms. The van der Waals surface area contributed by atoms with Crippen molar-refractivity contribution in [2.24, 2.45) is 7.05 Å². The zero-order valence-corrected chi connectivity index (χ0v) is 12.5. The Morgan fingerprint density at radius 3 is 3.00 bits per heavy atom. The fourth-order valence-electron chi connectivity index (χ4n) is 3.22. The van der Waals surface area contributed by atoms with Gasteiger partial charge in [-0.15, -0.1) is 0 Å². The van der Waals surface area contributed by atoms with Crippen LogP contribution >= 0.6 is 0 Å². The maximum absolute atomic E-state index is 12.7. The molecule has 0 aromatic carbocycles. The molecular formula is C17H18N4O. The molecule has 0 N–H and O–H groups in total. The molecule has 3 aromatic rings. The smallest absolute Gasteiger partial charge is 0.255 e. The summed E-state index contributed by atoms with van der Waals surface area (Å²) in [5.74, 6) is 0.518. The highest BCUT2D eigenvalue weighted by Gasteiger charge is 2.29. The fourth-order valence-corrected chi connectivity index (χ4v) is 3.22. The van der Waals surface area contributed by atoms with E-state index in [2.05, 4.69) is 5.10 Å². The molecule has 3 aromatic heterocycles. The van der Waals surface area contributed by atoms with Gasteiger partial charge >= 0.3 is 0 Å². The number of carbonyl (C=O) groups is 1. The van der Waals surface area contributed by atoms with E-state index in [1.807, 2.05) is 70.1 Å². The number of likely N-dealkylation sites (tertiary alicyclic amines) is 1. The number of pyridine rings is 1. The van der Waals surface area contributed by atoms with Crippen LogP contribution in [0.4, 0.5) is 0 Å². The van der Waals surface area contributed by atoms with Crippen molar-refractivity contribution in [3.8, 4) is 0 Å². The van der Waals surface area contributed by atoms with Gasteiger partial charge in [0.1, 0.15) is 0 Å². The third-order valence-corrected chi connectivity index (χ3v) is 4.42. The van der Waals surface area contributed by atoms with Gasteiger partial charge < -0.3 is 9.30 Å². The van der Waals surface area contributed by atoms with Gasteiger partial charge in [-0.05, 0) is 30.2 Å². The van der Waals surface area contributed by atoms with Gasteiger partial charge in [-0.25, -0.2) is 0 Å². The molecule has 1 saturated heterocycles. The quantitative estimate of drug-likeness (QED) is 0.728. The Bertz CT molecular complexity index is 799. The molecular weight excluding hydrogens is 276 g/mol. The number of amides is 1. The second kappa shape index (κ2) is 5.02. The Morgan fingerprint density at radius 1 is 1.32 bits per heavy atom. The molecule has 1 aliphatic heterocycles. The molecule has 0 saturated carbocycles. The molecule has 0 bridgehead atoms. The Morgan fingerprint density at radius 2 is 2.23 bits per heavy atom. The first kappa shape index (κ1) is 13.1. The minimum absolute atomic E-state index is 0.120. The summed E-state index contributed by atoms with van der Waals surface area (Å²) >= 11 is 0. The van der Waals surface area contributed by atoms with Gasteiger partial charge in [0.15, 0.2) is 0 Å². The monoisotopic (exact) mass is 294 g/mol. The van der Waals surface area contributed by atoms with Gasteiger partial charge in [-0.3, -0.25) is 9.48 Å². The molecule has 1 unspecified atom stereocenters. The molecule has 1 amide bonds. The number of hydrogen-bond donors (Lipinski definition) is 0. The van der Waals surface area contributed by atoms with Crippen LogP contribution in [0.5, 0.6) is 0 Å². The topological polar surface area (TPSA) is 42.5 Å². The van der Waals surface area contributed by atoms with Crippen molar-refractivity contribution in [3.05, 3.63) is 60.2 Å². The first-order valence-electron chi connectivity index (χ1n) is 7.55. The van der Waals surface area contributed by atoms with E-state index < -0.39 is 0 Å². The molecule has 112 valence electrons. The summed E-state index contributed by atoms with van der Waals surface area (Å²) in [5.41, 5.74) is 3.03. The highest BCUT2D eigenvalue weighted by Crippen LogP contribution is 2.28. The Labute approximate surface area is 128 Å². The number of aryl methyl sites for hydroxylation is 1. The first-order valence-corrected chi connectivity index (χ1v) is 7.55. The van der Waals surface area contributed by atoms with Crippen LogP contribution in [0.3, 0.4) is 0 Å². The maximum atomic E-state index is 12.7. The lowest BCUT2D eigenvalue weighted by Crippen LogP contribution is -2.28. The van der Waals surface area contributed by atoms with Gasteiger partial charge in [0, 0.05) is 50.2 Å². The van der Waals surface area contributed by atoms with Gasteiger partial charge in [0.2, 0.25) is 0 Å². The minimum atomic E-state index is 0.120. The lowest BCUT2D eigenvalue weighted by Gasteiger charge is -2.15. The van der Waals surface area contributed by atoms with Crippen molar-refractivity contribution in [2.45, 2.75) is 12.3 Å². The van der Waals surface area contributed by atoms with E-state index in [9.17, 15) is 4.79 Å². The third-order valence-electron chi connectivity index (χ3n) is 4.42. The van der Waals surface area contributed by atoms with Gasteiger partial charge in [-0.2, -0.15) is 5.10 Å². The lowest BCUT2D eigenvalue weighted by molar-refractivity contribution is 0.0791. The molecule has 5 heteroatoms. The van der Waals surface area contributed by atoms with Crippen molar-refractivity contribution in [1.82, 2.24) is 19.1 Å². The Kier molecular flexibility index (Phi) is 2.99. The van der Waals surface area contributed by atoms with Crippen molar-refractivity contribution in [1.29, 1.82) is 0 Å². The molecule has 4 heterocycles. The normalized spacial score (nSPS) is 18.2. The van der Waals surface area contributed by atoms with E-state index in [0.717, 1.165) is 30.6 Å². The third kappa shape index (κ3) is 2.19. The molecule has 1 atom stereocenters. The summed E-state index contributed by atoms with van der Waals surface area (Å²) in [6.07, 6.45) is 8.84. The molecule has 0 radical (unpaired) electrons. The predicted octanol–water partition coefficient (Wildman–Crippen LogP) is 2.30. The van der Waals surface area contributed by atoms with Crippen LogP contribution in [-0.4, -0.2) is 38.1 Å². The number of aromatic nitrogens is 3. The van der Waals surface area contributed by atoms with E-state index >= 15 is 0 Å². The summed E-state index contributed by atoms with van der Waals surface area (Å²) in [7, 11) is 1.92. The standard InChI is InChI=1S/C17H18N4O/c1-19-10-15(9-18-19)13-5-7-21(11-13)17(22)14-8-16-4-2-3-6-20(16)12-14/h2-4,6,8-10,12-13H,5,7,11H2,1H3. The van der Waals surface area contributed by atoms with Crippen LogP contribution in [0.2, 0.25) is 0 Å². The number of carbonyl (C=O) groups excluding carboxylic acids is 1. The summed E-state index contributed by atoms with van der Waals surface area (Å²) in [6.45, 7) is 1.58. The molecule has 1 fully saturated rings. The van der Waals surface area contributed by atoms with Crippen LogP contribution in [0.25, 0.3) is 5.52 Å². The largest absolute Gasteiger partial charge is 0.338 e. The van der Waals surface area contributed by atoms with Crippen molar-refractivity contribution in [2.75, 3.05) is 13.1 Å². The van der Waals surface area contributed by atoms with E-state index in [4.69, 9.17) is 0 Å². The average Bonchev–Trinajstić information content (AvgIpc) is 3.24. The van der Waals surface area contributed by atoms with Gasteiger partial charge in [-0.1, -0.05) is 6.07 Å². The summed E-state index contributed by atoms with van der Waals surface area (Å²) in [5, 5.41) is 4.23. The molecule has 1 aliphatic rings. The van der Waals surface area contributed by atoms with Crippen molar-refractivity contribution >= 4 is 11.4 Å². The number of fused-ring (bicyclic) bond motifs is 1. The van der Waals surface area contributed by atoms with Crippen LogP contribution in [-0.2, 0) is 7.05 Å². The summed E-state index contributed by atoms with van der Waals surface area (Å²) < 4.78 is 3.81. The SMILES string of the molecule is Cn1cc(C2CCN(C(=O)c3cc4ccccn4c3)C2)cn1. The number of nitrogens with zero attached hydrogens (tertiary/aromatic N) is 4. The first-order chi connectivity index (χ1) is 10.7. The van der Waals surface area contributed by atoms with E-state index in [1.165, 1.54) is 5.56 Å². The van der Waals surface area contributed by atoms with Crippen LogP contribution in [0.1, 0.15) is 28.3 Å². The second-order valence-corrected chi connectivity index (χ2v) is 5.95. The van der Waals surface area contributed by atoms with Gasteiger partial charge in [0.25, 0.3) is 5.91 Å². The Hall–Kier alpha value is -2.56. The van der Waals surface area contributed by atoms with Crippen LogP contribution in [0, 0.1) is 0 Å². The minimum Gasteiger partial charge on any atom is -0.338 e. The molecule has 0 aliphatic carbocycles. The fraction of sp³-hybridized carbons (Fsp3) is 0.294. The average molecular weight is 294 g/mol. The Balaban J connectivity index is 1.53. The van der Waals surface area contributed by atoms with Crippen LogP contribution in [0.15, 0.2) is 49.1 Å². The highest BCUT2D eigenvalue weighted by atomic mass is 16.2. The molecule has 0 spiro atoms. The lowest BCUT2D eigenvalue weighted by atomic mass is 10.0. The van der Waals surface area contributed by atoms with Gasteiger partial charge in [0.05, 0.1) is 11.8 Å². The van der Waals surface area contributed by atoms with E-state index in [-0.39, 0.29) is 5.91 Å². The summed E-state index contributed by atoms with van der Waals surface area (Å²) in [6, 6.07) is 7.92. The summed E-state index contributed by atoms with van der Waals surface area (Å²) in [4.78, 5) is 14.6. The molecule has 4 rings (SSSR count). The second-order valence-electron chi connectivity index (χ2n) is 5.95. The van der Waals surface area contributed by atoms with Crippen molar-refractivity contribution in [3.63, 3.8) is 0 Å². The maximum Gasteiger partial charge on any atom is 0.255 e. The van der Waals surface area contributed by atoms with Crippen molar-refractivity contribution < 1.29 is 4.79 Å². The predicted molar refractivity (Wildman–Crippen MR) is 83.9 cm³/mol. The highest BCUT2D eigenvalue weighted by molar-refractivity contribution is 5.95. The molecule has 5 nitrogen and oxygen atoms in total. The van der Waals surface area contributed by atoms with E-state index in [1.54, 1.807) is 0 Å². The zero-order chi connectivity index (χ0) is 15.1. The number of hydrogen-bond acceptors (Lipinski definition) is 2. The zero-order valence-electron chi connectivity index (χ0n) is 12.5. The van der Waals surface area contributed by atoms with E-state index in [0.29, 0.717) is 5.92 Å².